The smallest absolute Gasteiger partial charge is 0.230 e. The Morgan fingerprint density at radius 2 is 1.76 bits per heavy atom. The summed E-state index contributed by atoms with van der Waals surface area (Å²) in [7, 11) is 5.82. The molecule has 0 spiro atoms. The molecule has 0 bridgehead atoms. The van der Waals surface area contributed by atoms with Crippen molar-refractivity contribution in [2.75, 3.05) is 47.3 Å². The molecule has 1 fully saturated rings. The number of benzene rings is 1. The number of likely N-dealkylation sites (N-methyl/N-ethyl adjacent to an activating group) is 1. The van der Waals surface area contributed by atoms with Crippen LogP contribution in [0.3, 0.4) is 0 Å². The fraction of sp³-hybridized carbons (Fsp3) is 0.636. The second-order valence-electron chi connectivity index (χ2n) is 8.03. The van der Waals surface area contributed by atoms with Crippen molar-refractivity contribution >= 4 is 35.8 Å². The maximum absolute atomic E-state index is 12.7. The van der Waals surface area contributed by atoms with Crippen LogP contribution in [0.1, 0.15) is 38.2 Å². The summed E-state index contributed by atoms with van der Waals surface area (Å²) in [6.45, 7) is 6.08. The Kier molecular flexibility index (Phi) is 11.6. The largest absolute Gasteiger partial charge is 0.357 e. The molecule has 0 saturated heterocycles. The van der Waals surface area contributed by atoms with Gasteiger partial charge in [0.15, 0.2) is 5.96 Å². The second-order valence-corrected chi connectivity index (χ2v) is 8.03. The molecule has 0 atom stereocenters. The van der Waals surface area contributed by atoms with Gasteiger partial charge in [-0.3, -0.25) is 9.79 Å². The first-order chi connectivity index (χ1) is 13.5. The Balaban J connectivity index is 0.00000420. The molecule has 0 unspecified atom stereocenters. The summed E-state index contributed by atoms with van der Waals surface area (Å²) in [6.07, 6.45) is 4.10. The highest BCUT2D eigenvalue weighted by atomic mass is 127. The van der Waals surface area contributed by atoms with Gasteiger partial charge in [-0.05, 0) is 32.4 Å². The van der Waals surface area contributed by atoms with Crippen molar-refractivity contribution in [1.82, 2.24) is 20.4 Å². The van der Waals surface area contributed by atoms with E-state index in [-0.39, 0.29) is 35.3 Å². The molecule has 164 valence electrons. The van der Waals surface area contributed by atoms with Gasteiger partial charge in [0.25, 0.3) is 0 Å². The molecule has 2 N–H and O–H groups in total. The second kappa shape index (κ2) is 13.1. The maximum Gasteiger partial charge on any atom is 0.230 e. The summed E-state index contributed by atoms with van der Waals surface area (Å²) in [5.41, 5.74) is 0.992. The number of aliphatic imine (C=N–C) groups is 1. The Hall–Kier alpha value is -1.35. The zero-order chi connectivity index (χ0) is 20.4. The zero-order valence-corrected chi connectivity index (χ0v) is 20.7. The number of halogens is 1. The van der Waals surface area contributed by atoms with E-state index >= 15 is 0 Å². The minimum absolute atomic E-state index is 0. The molecule has 1 amide bonds. The molecule has 6 nitrogen and oxygen atoms in total. The molecule has 0 aromatic heterocycles. The lowest BCUT2D eigenvalue weighted by Gasteiger charge is -2.29. The molecular formula is C22H38IN5O. The normalized spacial score (nSPS) is 15.7. The molecule has 0 heterocycles. The molecule has 1 saturated carbocycles. The van der Waals surface area contributed by atoms with Gasteiger partial charge in [-0.25, -0.2) is 0 Å². The summed E-state index contributed by atoms with van der Waals surface area (Å²) >= 11 is 0. The standard InChI is InChI=1S/C22H37N5O.HI/c1-5-23-21(24-15-16-27(4)17-19-11-7-6-8-12-19)25-18-22(13-9-10-14-22)20(28)26(2)3;/h6-8,11-12H,5,9-10,13-18H2,1-4H3,(H2,23,24,25);1H. The van der Waals surface area contributed by atoms with Gasteiger partial charge in [-0.2, -0.15) is 0 Å². The Morgan fingerprint density at radius 1 is 1.10 bits per heavy atom. The summed E-state index contributed by atoms with van der Waals surface area (Å²) in [6, 6.07) is 10.5. The van der Waals surface area contributed by atoms with E-state index in [0.29, 0.717) is 6.54 Å². The summed E-state index contributed by atoms with van der Waals surface area (Å²) in [5.74, 6) is 1.01. The first-order valence-electron chi connectivity index (χ1n) is 10.4. The number of carbonyl (C=O) groups is 1. The minimum Gasteiger partial charge on any atom is -0.357 e. The quantitative estimate of drug-likeness (QED) is 0.302. The lowest BCUT2D eigenvalue weighted by Crippen LogP contribution is -2.44. The van der Waals surface area contributed by atoms with Crippen LogP contribution in [0.5, 0.6) is 0 Å². The van der Waals surface area contributed by atoms with Crippen molar-refractivity contribution in [1.29, 1.82) is 0 Å². The van der Waals surface area contributed by atoms with Gasteiger partial charge in [-0.15, -0.1) is 24.0 Å². The van der Waals surface area contributed by atoms with Gasteiger partial charge in [0.2, 0.25) is 5.91 Å². The average Bonchev–Trinajstić information content (AvgIpc) is 3.16. The van der Waals surface area contributed by atoms with Crippen LogP contribution in [0.4, 0.5) is 0 Å². The van der Waals surface area contributed by atoms with Crippen molar-refractivity contribution in [3.8, 4) is 0 Å². The Morgan fingerprint density at radius 3 is 2.34 bits per heavy atom. The van der Waals surface area contributed by atoms with Crippen LogP contribution in [0.25, 0.3) is 0 Å². The first kappa shape index (κ1) is 25.7. The fourth-order valence-electron chi connectivity index (χ4n) is 3.88. The van der Waals surface area contributed by atoms with Crippen LogP contribution < -0.4 is 10.6 Å². The number of nitrogens with zero attached hydrogens (tertiary/aromatic N) is 3. The topological polar surface area (TPSA) is 60.0 Å². The molecule has 0 radical (unpaired) electrons. The van der Waals surface area contributed by atoms with Gasteiger partial charge in [0, 0.05) is 40.3 Å². The molecule has 2 rings (SSSR count). The van der Waals surface area contributed by atoms with Crippen LogP contribution in [-0.2, 0) is 11.3 Å². The van der Waals surface area contributed by atoms with E-state index in [2.05, 4.69) is 53.8 Å². The molecule has 7 heteroatoms. The van der Waals surface area contributed by atoms with Crippen molar-refractivity contribution in [3.63, 3.8) is 0 Å². The van der Waals surface area contributed by atoms with E-state index in [1.807, 2.05) is 20.2 Å². The van der Waals surface area contributed by atoms with Crippen LogP contribution >= 0.6 is 24.0 Å². The number of amides is 1. The van der Waals surface area contributed by atoms with Crippen LogP contribution in [-0.4, -0.2) is 69.0 Å². The van der Waals surface area contributed by atoms with Crippen LogP contribution in [0.2, 0.25) is 0 Å². The number of carbonyl (C=O) groups excluding carboxylic acids is 1. The van der Waals surface area contributed by atoms with E-state index in [9.17, 15) is 4.79 Å². The molecule has 1 aliphatic carbocycles. The van der Waals surface area contributed by atoms with Crippen LogP contribution in [0.15, 0.2) is 35.3 Å². The SMILES string of the molecule is CCNC(=NCC1(C(=O)N(C)C)CCCC1)NCCN(C)Cc1ccccc1.I. The van der Waals surface area contributed by atoms with E-state index in [1.54, 1.807) is 4.90 Å². The molecular weight excluding hydrogens is 477 g/mol. The summed E-state index contributed by atoms with van der Waals surface area (Å²) in [5, 5.41) is 6.73. The highest BCUT2D eigenvalue weighted by Crippen LogP contribution is 2.39. The predicted octanol–water partition coefficient (Wildman–Crippen LogP) is 2.94. The highest BCUT2D eigenvalue weighted by molar-refractivity contribution is 14.0. The lowest BCUT2D eigenvalue weighted by atomic mass is 9.85. The molecule has 1 aromatic carbocycles. The first-order valence-corrected chi connectivity index (χ1v) is 10.4. The number of rotatable bonds is 9. The van der Waals surface area contributed by atoms with Crippen molar-refractivity contribution < 1.29 is 4.79 Å². The molecule has 29 heavy (non-hydrogen) atoms. The summed E-state index contributed by atoms with van der Waals surface area (Å²) < 4.78 is 0. The van der Waals surface area contributed by atoms with E-state index in [1.165, 1.54) is 5.56 Å². The third-order valence-electron chi connectivity index (χ3n) is 5.39. The Bertz CT molecular complexity index is 629. The third kappa shape index (κ3) is 8.12. The van der Waals surface area contributed by atoms with Crippen molar-refractivity contribution in [2.24, 2.45) is 10.4 Å². The number of nitrogens with one attached hydrogen (secondary N) is 2. The van der Waals surface area contributed by atoms with Gasteiger partial charge in [-0.1, -0.05) is 43.2 Å². The van der Waals surface area contributed by atoms with Gasteiger partial charge in [0.1, 0.15) is 0 Å². The highest BCUT2D eigenvalue weighted by Gasteiger charge is 2.42. The Labute approximate surface area is 193 Å². The van der Waals surface area contributed by atoms with Crippen molar-refractivity contribution in [2.45, 2.75) is 39.2 Å². The zero-order valence-electron chi connectivity index (χ0n) is 18.4. The minimum atomic E-state index is -0.323. The van der Waals surface area contributed by atoms with E-state index in [4.69, 9.17) is 4.99 Å². The fourth-order valence-corrected chi connectivity index (χ4v) is 3.88. The molecule has 1 aliphatic rings. The maximum atomic E-state index is 12.7. The average molecular weight is 515 g/mol. The van der Waals surface area contributed by atoms with Gasteiger partial charge >= 0.3 is 0 Å². The molecule has 1 aromatic rings. The third-order valence-corrected chi connectivity index (χ3v) is 5.39. The predicted molar refractivity (Wildman–Crippen MR) is 132 cm³/mol. The van der Waals surface area contributed by atoms with Gasteiger partial charge in [0.05, 0.1) is 12.0 Å². The number of hydrogen-bond donors (Lipinski definition) is 2. The summed E-state index contributed by atoms with van der Waals surface area (Å²) in [4.78, 5) is 21.5. The van der Waals surface area contributed by atoms with E-state index < -0.39 is 0 Å². The van der Waals surface area contributed by atoms with Crippen molar-refractivity contribution in [3.05, 3.63) is 35.9 Å². The molecule has 0 aliphatic heterocycles. The van der Waals surface area contributed by atoms with Crippen LogP contribution in [0, 0.1) is 5.41 Å². The van der Waals surface area contributed by atoms with E-state index in [0.717, 1.165) is 57.8 Å². The number of hydrogen-bond acceptors (Lipinski definition) is 3. The lowest BCUT2D eigenvalue weighted by molar-refractivity contribution is -0.138. The monoisotopic (exact) mass is 515 g/mol. The number of guanidine groups is 1. The van der Waals surface area contributed by atoms with Gasteiger partial charge < -0.3 is 20.4 Å².